The van der Waals surface area contributed by atoms with Gasteiger partial charge in [0.15, 0.2) is 0 Å². The Labute approximate surface area is 112 Å². The quantitative estimate of drug-likeness (QED) is 0.585. The average molecular weight is 176 g/mol. The van der Waals surface area contributed by atoms with Gasteiger partial charge in [0.2, 0.25) is 0 Å². The molecular weight excluding hydrogens is 162 g/mol. The Morgan fingerprint density at radius 3 is 1.82 bits per heavy atom. The Balaban J connectivity index is 0. The summed E-state index contributed by atoms with van der Waals surface area (Å²) in [5.74, 6) is -0.631. The molecule has 1 aliphatic carbocycles. The van der Waals surface area contributed by atoms with Crippen LogP contribution >= 0.6 is 0 Å². The van der Waals surface area contributed by atoms with Gasteiger partial charge in [0, 0.05) is 0 Å². The van der Waals surface area contributed by atoms with Gasteiger partial charge in [0.05, 0.1) is 5.92 Å². The maximum atomic E-state index is 10.4. The van der Waals surface area contributed by atoms with E-state index in [1.807, 2.05) is 0 Å². The van der Waals surface area contributed by atoms with Crippen LogP contribution in [-0.4, -0.2) is 70.2 Å². The van der Waals surface area contributed by atoms with E-state index in [0.29, 0.717) is 0 Å². The zero-order chi connectivity index (χ0) is 6.69. The summed E-state index contributed by atoms with van der Waals surface area (Å²) in [7, 11) is 0. The second-order valence-electron chi connectivity index (χ2n) is 2.67. The molecule has 0 heterocycles. The molecule has 1 rings (SSSR count). The second kappa shape index (κ2) is 8.09. The molecule has 0 radical (unpaired) electrons. The van der Waals surface area contributed by atoms with Crippen LogP contribution in [0.5, 0.6) is 0 Å². The van der Waals surface area contributed by atoms with Crippen molar-refractivity contribution in [2.24, 2.45) is 5.92 Å². The molecule has 1 saturated carbocycles. The summed E-state index contributed by atoms with van der Waals surface area (Å²) in [6, 6.07) is 0. The normalized spacial score (nSPS) is 17.8. The summed E-state index contributed by atoms with van der Waals surface area (Å²) in [5, 5.41) is 8.54. The first-order valence-corrected chi connectivity index (χ1v) is 3.53. The molecule has 0 saturated heterocycles. The van der Waals surface area contributed by atoms with E-state index in [2.05, 4.69) is 0 Å². The van der Waals surface area contributed by atoms with Crippen LogP contribution < -0.4 is 0 Å². The van der Waals surface area contributed by atoms with E-state index >= 15 is 0 Å². The first kappa shape index (κ1) is 15.0. The van der Waals surface area contributed by atoms with Gasteiger partial charge in [-0.05, 0) is 12.8 Å². The van der Waals surface area contributed by atoms with Crippen LogP contribution in [0, 0.1) is 5.92 Å². The fourth-order valence-corrected chi connectivity index (χ4v) is 1.35. The topological polar surface area (TPSA) is 37.3 Å². The fraction of sp³-hybridized carbons (Fsp3) is 0.857. The predicted molar refractivity (Wildman–Crippen MR) is 48.5 cm³/mol. The van der Waals surface area contributed by atoms with Gasteiger partial charge in [0.25, 0.3) is 0 Å². The molecule has 56 valence electrons. The van der Waals surface area contributed by atoms with Crippen molar-refractivity contribution in [1.82, 2.24) is 0 Å². The Kier molecular flexibility index (Phi) is 11.0. The molecule has 11 heavy (non-hydrogen) atoms. The van der Waals surface area contributed by atoms with Gasteiger partial charge >= 0.3 is 65.1 Å². The van der Waals surface area contributed by atoms with Crippen molar-refractivity contribution >= 4 is 65.1 Å². The second-order valence-corrected chi connectivity index (χ2v) is 2.67. The molecular formula is C7H14Na2O2. The maximum absolute atomic E-state index is 10.4. The van der Waals surface area contributed by atoms with Gasteiger partial charge in [-0.3, -0.25) is 4.79 Å². The summed E-state index contributed by atoms with van der Waals surface area (Å²) < 4.78 is 0. The zero-order valence-electron chi connectivity index (χ0n) is 5.47. The van der Waals surface area contributed by atoms with Crippen molar-refractivity contribution in [1.29, 1.82) is 0 Å². The molecule has 0 amide bonds. The van der Waals surface area contributed by atoms with Crippen LogP contribution in [0.1, 0.15) is 32.1 Å². The summed E-state index contributed by atoms with van der Waals surface area (Å²) in [6.45, 7) is 0. The van der Waals surface area contributed by atoms with Crippen molar-refractivity contribution < 1.29 is 9.90 Å². The Morgan fingerprint density at radius 1 is 1.09 bits per heavy atom. The Hall–Kier alpha value is 1.47. The Morgan fingerprint density at radius 2 is 1.55 bits per heavy atom. The molecule has 4 heteroatoms. The van der Waals surface area contributed by atoms with Gasteiger partial charge < -0.3 is 5.11 Å². The van der Waals surface area contributed by atoms with Crippen molar-refractivity contribution in [3.63, 3.8) is 0 Å². The van der Waals surface area contributed by atoms with Crippen LogP contribution in [0.15, 0.2) is 0 Å². The van der Waals surface area contributed by atoms with Gasteiger partial charge in [-0.1, -0.05) is 19.3 Å². The van der Waals surface area contributed by atoms with Gasteiger partial charge in [-0.25, -0.2) is 0 Å². The molecule has 1 N–H and O–H groups in total. The SMILES string of the molecule is O=C(O)C1CCCCC1.[NaH].[NaH]. The minimum atomic E-state index is -0.602. The van der Waals surface area contributed by atoms with Crippen molar-refractivity contribution in [3.8, 4) is 0 Å². The molecule has 0 aromatic carbocycles. The van der Waals surface area contributed by atoms with Crippen molar-refractivity contribution in [2.45, 2.75) is 32.1 Å². The molecule has 0 atom stereocenters. The molecule has 1 aliphatic rings. The van der Waals surface area contributed by atoms with Crippen molar-refractivity contribution in [2.75, 3.05) is 0 Å². The van der Waals surface area contributed by atoms with E-state index in [4.69, 9.17) is 5.11 Å². The molecule has 0 spiro atoms. The molecule has 0 bridgehead atoms. The summed E-state index contributed by atoms with van der Waals surface area (Å²) in [5.41, 5.74) is 0. The number of carbonyl (C=O) groups is 1. The molecule has 2 nitrogen and oxygen atoms in total. The van der Waals surface area contributed by atoms with E-state index in [9.17, 15) is 4.79 Å². The molecule has 0 aromatic heterocycles. The minimum absolute atomic E-state index is 0. The van der Waals surface area contributed by atoms with E-state index in [1.54, 1.807) is 0 Å². The number of carboxylic acids is 1. The molecule has 0 aliphatic heterocycles. The standard InChI is InChI=1S/C7H12O2.2Na.2H/c8-7(9)6-4-2-1-3-5-6;;;;/h6H,1-5H2,(H,8,9);;;;. The van der Waals surface area contributed by atoms with Crippen LogP contribution in [0.4, 0.5) is 0 Å². The molecule has 1 fully saturated rings. The first-order chi connectivity index (χ1) is 4.30. The number of hydrogen-bond donors (Lipinski definition) is 1. The zero-order valence-corrected chi connectivity index (χ0v) is 5.47. The summed E-state index contributed by atoms with van der Waals surface area (Å²) >= 11 is 0. The number of aliphatic carboxylic acids is 1. The average Bonchev–Trinajstić information content (AvgIpc) is 1.90. The number of hydrogen-bond acceptors (Lipinski definition) is 1. The molecule has 0 aromatic rings. The van der Waals surface area contributed by atoms with Crippen LogP contribution in [0.25, 0.3) is 0 Å². The van der Waals surface area contributed by atoms with Crippen molar-refractivity contribution in [3.05, 3.63) is 0 Å². The fourth-order valence-electron chi connectivity index (χ4n) is 1.35. The van der Waals surface area contributed by atoms with E-state index in [-0.39, 0.29) is 65.0 Å². The van der Waals surface area contributed by atoms with Crippen LogP contribution in [-0.2, 0) is 4.79 Å². The third-order valence-electron chi connectivity index (χ3n) is 1.95. The predicted octanol–water partition coefficient (Wildman–Crippen LogP) is 0.354. The van der Waals surface area contributed by atoms with E-state index in [1.165, 1.54) is 6.42 Å². The number of rotatable bonds is 1. The third kappa shape index (κ3) is 5.67. The third-order valence-corrected chi connectivity index (χ3v) is 1.95. The van der Waals surface area contributed by atoms with Gasteiger partial charge in [0.1, 0.15) is 0 Å². The molecule has 0 unspecified atom stereocenters. The summed E-state index contributed by atoms with van der Waals surface area (Å²) in [4.78, 5) is 10.4. The van der Waals surface area contributed by atoms with Gasteiger partial charge in [-0.15, -0.1) is 0 Å². The summed E-state index contributed by atoms with van der Waals surface area (Å²) in [6.07, 6.45) is 5.24. The van der Waals surface area contributed by atoms with E-state index < -0.39 is 5.97 Å². The Bertz CT molecular complexity index is 111. The number of carboxylic acid groups (broad SMARTS) is 1. The monoisotopic (exact) mass is 176 g/mol. The van der Waals surface area contributed by atoms with Crippen LogP contribution in [0.2, 0.25) is 0 Å². The van der Waals surface area contributed by atoms with E-state index in [0.717, 1.165) is 25.7 Å². The van der Waals surface area contributed by atoms with Crippen LogP contribution in [0.3, 0.4) is 0 Å². The van der Waals surface area contributed by atoms with Gasteiger partial charge in [-0.2, -0.15) is 0 Å². The first-order valence-electron chi connectivity index (χ1n) is 3.53.